The van der Waals surface area contributed by atoms with Crippen molar-refractivity contribution in [1.82, 2.24) is 19.6 Å². The molecule has 2 rings (SSSR count). The summed E-state index contributed by atoms with van der Waals surface area (Å²) in [5, 5.41) is 8.20. The highest BCUT2D eigenvalue weighted by molar-refractivity contribution is 5.02. The average Bonchev–Trinajstić information content (AvgIpc) is 2.89. The van der Waals surface area contributed by atoms with Crippen molar-refractivity contribution in [3.63, 3.8) is 0 Å². The standard InChI is InChI=1S/C7H12N2.C6H10N2/c1-3-4-7-5-8-9(2)6-7;1-3-8-5-4-6(2)7-8/h5-6H,3-4H2,1-2H3;4-5H,3H2,1-2H3. The molecule has 2 aromatic heterocycles. The summed E-state index contributed by atoms with van der Waals surface area (Å²) in [5.74, 6) is 0. The van der Waals surface area contributed by atoms with Crippen LogP contribution in [0.1, 0.15) is 31.5 Å². The molecule has 0 saturated heterocycles. The van der Waals surface area contributed by atoms with Gasteiger partial charge in [0.15, 0.2) is 0 Å². The van der Waals surface area contributed by atoms with E-state index in [2.05, 4.69) is 30.2 Å². The molecule has 0 aliphatic heterocycles. The second-order valence-corrected chi connectivity index (χ2v) is 4.09. The molecule has 0 radical (unpaired) electrons. The van der Waals surface area contributed by atoms with Gasteiger partial charge in [-0.2, -0.15) is 10.2 Å². The normalized spacial score (nSPS) is 9.88. The van der Waals surface area contributed by atoms with Crippen LogP contribution in [0.4, 0.5) is 0 Å². The zero-order valence-corrected chi connectivity index (χ0v) is 11.2. The van der Waals surface area contributed by atoms with Crippen molar-refractivity contribution in [2.75, 3.05) is 0 Å². The van der Waals surface area contributed by atoms with E-state index in [0.29, 0.717) is 0 Å². The molecule has 0 aromatic carbocycles. The summed E-state index contributed by atoms with van der Waals surface area (Å²) in [7, 11) is 1.94. The van der Waals surface area contributed by atoms with E-state index in [0.717, 1.165) is 18.7 Å². The van der Waals surface area contributed by atoms with E-state index in [1.54, 1.807) is 0 Å². The second-order valence-electron chi connectivity index (χ2n) is 4.09. The van der Waals surface area contributed by atoms with Gasteiger partial charge in [0.2, 0.25) is 0 Å². The van der Waals surface area contributed by atoms with Gasteiger partial charge in [-0.15, -0.1) is 0 Å². The van der Waals surface area contributed by atoms with E-state index in [-0.39, 0.29) is 0 Å². The van der Waals surface area contributed by atoms with Crippen LogP contribution in [0, 0.1) is 6.92 Å². The molecule has 4 nitrogen and oxygen atoms in total. The van der Waals surface area contributed by atoms with E-state index in [4.69, 9.17) is 0 Å². The Morgan fingerprint density at radius 2 is 2.06 bits per heavy atom. The number of rotatable bonds is 3. The first-order chi connectivity index (χ1) is 8.15. The van der Waals surface area contributed by atoms with Gasteiger partial charge in [-0.1, -0.05) is 13.3 Å². The molecule has 0 saturated carbocycles. The topological polar surface area (TPSA) is 35.6 Å². The van der Waals surface area contributed by atoms with E-state index in [1.807, 2.05) is 41.8 Å². The molecular weight excluding hydrogens is 212 g/mol. The first-order valence-corrected chi connectivity index (χ1v) is 6.13. The van der Waals surface area contributed by atoms with Crippen LogP contribution in [0.25, 0.3) is 0 Å². The maximum atomic E-state index is 4.15. The van der Waals surface area contributed by atoms with Gasteiger partial charge in [0, 0.05) is 26.0 Å². The molecule has 0 spiro atoms. The Labute approximate surface area is 103 Å². The molecule has 0 N–H and O–H groups in total. The van der Waals surface area contributed by atoms with Gasteiger partial charge in [0.25, 0.3) is 0 Å². The summed E-state index contributed by atoms with van der Waals surface area (Å²) in [6.07, 6.45) is 8.31. The fourth-order valence-corrected chi connectivity index (χ4v) is 1.53. The molecule has 17 heavy (non-hydrogen) atoms. The molecule has 0 bridgehead atoms. The number of nitrogens with zero attached hydrogens (tertiary/aromatic N) is 4. The second kappa shape index (κ2) is 6.89. The van der Waals surface area contributed by atoms with Gasteiger partial charge in [-0.3, -0.25) is 9.36 Å². The lowest BCUT2D eigenvalue weighted by atomic mass is 10.2. The number of aromatic nitrogens is 4. The lowest BCUT2D eigenvalue weighted by Crippen LogP contribution is -1.93. The van der Waals surface area contributed by atoms with E-state index < -0.39 is 0 Å². The van der Waals surface area contributed by atoms with Gasteiger partial charge in [0.1, 0.15) is 0 Å². The SMILES string of the molecule is CCCc1cnn(C)c1.CCn1ccc(C)n1. The molecule has 2 aromatic rings. The van der Waals surface area contributed by atoms with Crippen LogP contribution in [0.2, 0.25) is 0 Å². The Hall–Kier alpha value is -1.58. The number of hydrogen-bond donors (Lipinski definition) is 0. The third-order valence-electron chi connectivity index (χ3n) is 2.40. The Bertz CT molecular complexity index is 428. The first-order valence-electron chi connectivity index (χ1n) is 6.13. The number of aryl methyl sites for hydroxylation is 4. The molecule has 0 aliphatic rings. The van der Waals surface area contributed by atoms with Crippen LogP contribution in [-0.2, 0) is 20.0 Å². The molecule has 94 valence electrons. The zero-order valence-electron chi connectivity index (χ0n) is 11.2. The highest BCUT2D eigenvalue weighted by Crippen LogP contribution is 1.98. The van der Waals surface area contributed by atoms with Crippen LogP contribution in [0.5, 0.6) is 0 Å². The molecule has 0 aliphatic carbocycles. The molecule has 0 amide bonds. The monoisotopic (exact) mass is 234 g/mol. The molecule has 0 unspecified atom stereocenters. The van der Waals surface area contributed by atoms with Crippen molar-refractivity contribution in [3.05, 3.63) is 35.9 Å². The predicted molar refractivity (Wildman–Crippen MR) is 69.8 cm³/mol. The Kier molecular flexibility index (Phi) is 5.46. The van der Waals surface area contributed by atoms with E-state index >= 15 is 0 Å². The first kappa shape index (κ1) is 13.5. The molecule has 4 heteroatoms. The molecule has 2 heterocycles. The maximum absolute atomic E-state index is 4.15. The van der Waals surface area contributed by atoms with Crippen LogP contribution >= 0.6 is 0 Å². The minimum atomic E-state index is 0.966. The summed E-state index contributed by atoms with van der Waals surface area (Å²) >= 11 is 0. The van der Waals surface area contributed by atoms with Crippen molar-refractivity contribution >= 4 is 0 Å². The predicted octanol–water partition coefficient (Wildman–Crippen LogP) is 2.58. The minimum absolute atomic E-state index is 0.966. The average molecular weight is 234 g/mol. The lowest BCUT2D eigenvalue weighted by molar-refractivity contribution is 0.653. The van der Waals surface area contributed by atoms with Crippen LogP contribution in [0.15, 0.2) is 24.7 Å². The molecule has 0 atom stereocenters. The van der Waals surface area contributed by atoms with E-state index in [1.165, 1.54) is 12.0 Å². The highest BCUT2D eigenvalue weighted by Gasteiger charge is 1.91. The quantitative estimate of drug-likeness (QED) is 0.818. The van der Waals surface area contributed by atoms with Gasteiger partial charge < -0.3 is 0 Å². The molecule has 0 fully saturated rings. The van der Waals surface area contributed by atoms with Crippen molar-refractivity contribution < 1.29 is 0 Å². The minimum Gasteiger partial charge on any atom is -0.276 e. The Morgan fingerprint density at radius 3 is 2.41 bits per heavy atom. The number of hydrogen-bond acceptors (Lipinski definition) is 2. The van der Waals surface area contributed by atoms with Crippen molar-refractivity contribution in [2.24, 2.45) is 7.05 Å². The van der Waals surface area contributed by atoms with Crippen LogP contribution < -0.4 is 0 Å². The smallest absolute Gasteiger partial charge is 0.0593 e. The summed E-state index contributed by atoms with van der Waals surface area (Å²) in [6.45, 7) is 7.21. The zero-order chi connectivity index (χ0) is 12.7. The Morgan fingerprint density at radius 1 is 1.29 bits per heavy atom. The van der Waals surface area contributed by atoms with Gasteiger partial charge in [-0.25, -0.2) is 0 Å². The Balaban J connectivity index is 0.000000171. The van der Waals surface area contributed by atoms with Gasteiger partial charge >= 0.3 is 0 Å². The van der Waals surface area contributed by atoms with Crippen molar-refractivity contribution in [3.8, 4) is 0 Å². The summed E-state index contributed by atoms with van der Waals surface area (Å²) in [6, 6.07) is 2.00. The fraction of sp³-hybridized carbons (Fsp3) is 0.538. The van der Waals surface area contributed by atoms with Gasteiger partial charge in [-0.05, 0) is 31.9 Å². The third-order valence-corrected chi connectivity index (χ3v) is 2.40. The van der Waals surface area contributed by atoms with Crippen LogP contribution in [-0.4, -0.2) is 19.6 Å². The largest absolute Gasteiger partial charge is 0.276 e. The van der Waals surface area contributed by atoms with Gasteiger partial charge in [0.05, 0.1) is 11.9 Å². The summed E-state index contributed by atoms with van der Waals surface area (Å²) in [4.78, 5) is 0. The fourth-order valence-electron chi connectivity index (χ4n) is 1.53. The molecular formula is C13H22N4. The maximum Gasteiger partial charge on any atom is 0.0593 e. The van der Waals surface area contributed by atoms with Crippen molar-refractivity contribution in [2.45, 2.75) is 40.2 Å². The summed E-state index contributed by atoms with van der Waals surface area (Å²) < 4.78 is 3.75. The highest BCUT2D eigenvalue weighted by atomic mass is 15.3. The third kappa shape index (κ3) is 4.85. The lowest BCUT2D eigenvalue weighted by Gasteiger charge is -1.89. The van der Waals surface area contributed by atoms with Crippen molar-refractivity contribution in [1.29, 1.82) is 0 Å². The van der Waals surface area contributed by atoms with Crippen LogP contribution in [0.3, 0.4) is 0 Å². The van der Waals surface area contributed by atoms with E-state index in [9.17, 15) is 0 Å². The summed E-state index contributed by atoms with van der Waals surface area (Å²) in [5.41, 5.74) is 2.42.